The van der Waals surface area contributed by atoms with E-state index in [0.717, 1.165) is 35.4 Å². The standard InChI is InChI=1S/C17H24N4S/c1-2-13-22-17-19-18-16(14-20-11-7-4-8-12-20)21(17)15-9-5-3-6-10-15/h3,5-6,9-10H,2,4,7-8,11-14H2,1H3. The number of hydrogen-bond donors (Lipinski definition) is 0. The molecule has 0 aliphatic carbocycles. The van der Waals surface area contributed by atoms with Gasteiger partial charge in [-0.15, -0.1) is 10.2 Å². The van der Waals surface area contributed by atoms with Crippen molar-refractivity contribution in [1.29, 1.82) is 0 Å². The van der Waals surface area contributed by atoms with Gasteiger partial charge in [0.15, 0.2) is 11.0 Å². The zero-order chi connectivity index (χ0) is 15.2. The van der Waals surface area contributed by atoms with Crippen LogP contribution in [0.2, 0.25) is 0 Å². The van der Waals surface area contributed by atoms with E-state index in [1.54, 1.807) is 11.8 Å². The predicted octanol–water partition coefficient (Wildman–Crippen LogP) is 3.76. The molecule has 0 saturated carbocycles. The summed E-state index contributed by atoms with van der Waals surface area (Å²) in [6.07, 6.45) is 5.11. The molecule has 22 heavy (non-hydrogen) atoms. The number of likely N-dealkylation sites (tertiary alicyclic amines) is 1. The minimum absolute atomic E-state index is 0.897. The zero-order valence-corrected chi connectivity index (χ0v) is 14.1. The van der Waals surface area contributed by atoms with Crippen LogP contribution in [0, 0.1) is 0 Å². The molecule has 0 amide bonds. The van der Waals surface area contributed by atoms with E-state index in [2.05, 4.69) is 56.9 Å². The Morgan fingerprint density at radius 1 is 1.05 bits per heavy atom. The molecule has 1 aromatic carbocycles. The molecule has 1 aliphatic rings. The maximum absolute atomic E-state index is 4.49. The van der Waals surface area contributed by atoms with Gasteiger partial charge < -0.3 is 0 Å². The molecule has 0 spiro atoms. The first-order chi connectivity index (χ1) is 10.9. The van der Waals surface area contributed by atoms with Crippen molar-refractivity contribution in [2.24, 2.45) is 0 Å². The van der Waals surface area contributed by atoms with E-state index in [0.29, 0.717) is 0 Å². The van der Waals surface area contributed by atoms with Crippen LogP contribution in [0.5, 0.6) is 0 Å². The van der Waals surface area contributed by atoms with Crippen LogP contribution in [0.4, 0.5) is 0 Å². The monoisotopic (exact) mass is 316 g/mol. The Morgan fingerprint density at radius 3 is 2.55 bits per heavy atom. The Hall–Kier alpha value is -1.33. The number of nitrogens with zero attached hydrogens (tertiary/aromatic N) is 4. The van der Waals surface area contributed by atoms with Gasteiger partial charge >= 0.3 is 0 Å². The molecule has 0 atom stereocenters. The maximum atomic E-state index is 4.49. The summed E-state index contributed by atoms with van der Waals surface area (Å²) >= 11 is 1.80. The molecule has 1 aliphatic heterocycles. The summed E-state index contributed by atoms with van der Waals surface area (Å²) in [4.78, 5) is 2.50. The van der Waals surface area contributed by atoms with E-state index in [-0.39, 0.29) is 0 Å². The van der Waals surface area contributed by atoms with Crippen molar-refractivity contribution >= 4 is 11.8 Å². The second-order valence-corrected chi connectivity index (χ2v) is 6.82. The van der Waals surface area contributed by atoms with Gasteiger partial charge in [0.05, 0.1) is 6.54 Å². The number of aromatic nitrogens is 3. The normalized spacial score (nSPS) is 16.0. The van der Waals surface area contributed by atoms with Crippen molar-refractivity contribution in [2.45, 2.75) is 44.3 Å². The topological polar surface area (TPSA) is 34.0 Å². The molecule has 0 unspecified atom stereocenters. The molecule has 5 heteroatoms. The molecule has 0 radical (unpaired) electrons. The SMILES string of the molecule is CCCSc1nnc(CN2CCCCC2)n1-c1ccccc1. The molecule has 1 fully saturated rings. The van der Waals surface area contributed by atoms with Crippen molar-refractivity contribution in [3.8, 4) is 5.69 Å². The minimum Gasteiger partial charge on any atom is -0.296 e. The van der Waals surface area contributed by atoms with E-state index < -0.39 is 0 Å². The van der Waals surface area contributed by atoms with Gasteiger partial charge in [0.2, 0.25) is 0 Å². The average Bonchev–Trinajstić information content (AvgIpc) is 2.97. The van der Waals surface area contributed by atoms with Gasteiger partial charge in [-0.25, -0.2) is 0 Å². The van der Waals surface area contributed by atoms with Gasteiger partial charge in [0, 0.05) is 11.4 Å². The van der Waals surface area contributed by atoms with E-state index in [1.807, 2.05) is 0 Å². The highest BCUT2D eigenvalue weighted by Gasteiger charge is 2.18. The number of piperidine rings is 1. The van der Waals surface area contributed by atoms with E-state index in [4.69, 9.17) is 0 Å². The lowest BCUT2D eigenvalue weighted by atomic mass is 10.1. The van der Waals surface area contributed by atoms with E-state index >= 15 is 0 Å². The quantitative estimate of drug-likeness (QED) is 0.760. The summed E-state index contributed by atoms with van der Waals surface area (Å²) in [6, 6.07) is 10.5. The molecular weight excluding hydrogens is 292 g/mol. The lowest BCUT2D eigenvalue weighted by Gasteiger charge is -2.26. The first kappa shape index (κ1) is 15.6. The molecule has 4 nitrogen and oxygen atoms in total. The molecular formula is C17H24N4S. The van der Waals surface area contributed by atoms with Crippen molar-refractivity contribution in [3.63, 3.8) is 0 Å². The third-order valence-corrected chi connectivity index (χ3v) is 5.10. The summed E-state index contributed by atoms with van der Waals surface area (Å²) in [5.41, 5.74) is 1.16. The fourth-order valence-electron chi connectivity index (χ4n) is 2.84. The number of rotatable bonds is 6. The van der Waals surface area contributed by atoms with Crippen LogP contribution in [0.15, 0.2) is 35.5 Å². The zero-order valence-electron chi connectivity index (χ0n) is 13.2. The van der Waals surface area contributed by atoms with Crippen LogP contribution in [0.3, 0.4) is 0 Å². The molecule has 3 rings (SSSR count). The van der Waals surface area contributed by atoms with Crippen LogP contribution in [0.1, 0.15) is 38.4 Å². The lowest BCUT2D eigenvalue weighted by molar-refractivity contribution is 0.214. The summed E-state index contributed by atoms with van der Waals surface area (Å²) in [7, 11) is 0. The van der Waals surface area contributed by atoms with Gasteiger partial charge in [-0.1, -0.05) is 43.3 Å². The second kappa shape index (κ2) is 7.79. The number of hydrogen-bond acceptors (Lipinski definition) is 4. The van der Waals surface area contributed by atoms with Gasteiger partial charge in [0.1, 0.15) is 0 Å². The summed E-state index contributed by atoms with van der Waals surface area (Å²) in [5.74, 6) is 2.14. The number of benzene rings is 1. The fraction of sp³-hybridized carbons (Fsp3) is 0.529. The van der Waals surface area contributed by atoms with Crippen molar-refractivity contribution < 1.29 is 0 Å². The first-order valence-electron chi connectivity index (χ1n) is 8.23. The molecule has 0 bridgehead atoms. The molecule has 2 heterocycles. The van der Waals surface area contributed by atoms with Crippen LogP contribution in [-0.4, -0.2) is 38.5 Å². The van der Waals surface area contributed by atoms with Gasteiger partial charge in [-0.2, -0.15) is 0 Å². The third kappa shape index (κ3) is 3.70. The van der Waals surface area contributed by atoms with Crippen LogP contribution >= 0.6 is 11.8 Å². The predicted molar refractivity (Wildman–Crippen MR) is 91.5 cm³/mol. The molecule has 118 valence electrons. The van der Waals surface area contributed by atoms with E-state index in [1.165, 1.54) is 32.4 Å². The Bertz CT molecular complexity index is 576. The van der Waals surface area contributed by atoms with Crippen LogP contribution in [0.25, 0.3) is 5.69 Å². The summed E-state index contributed by atoms with van der Waals surface area (Å²) in [6.45, 7) is 5.46. The van der Waals surface area contributed by atoms with E-state index in [9.17, 15) is 0 Å². The molecule has 0 N–H and O–H groups in total. The highest BCUT2D eigenvalue weighted by Crippen LogP contribution is 2.23. The smallest absolute Gasteiger partial charge is 0.195 e. The highest BCUT2D eigenvalue weighted by atomic mass is 32.2. The van der Waals surface area contributed by atoms with Gasteiger partial charge in [-0.3, -0.25) is 9.47 Å². The van der Waals surface area contributed by atoms with Crippen LogP contribution < -0.4 is 0 Å². The largest absolute Gasteiger partial charge is 0.296 e. The van der Waals surface area contributed by atoms with Gasteiger partial charge in [-0.05, 0) is 44.5 Å². The Balaban J connectivity index is 1.86. The Labute approximate surface area is 136 Å². The second-order valence-electron chi connectivity index (χ2n) is 5.76. The Morgan fingerprint density at radius 2 is 1.82 bits per heavy atom. The fourth-order valence-corrected chi connectivity index (χ4v) is 3.67. The Kier molecular flexibility index (Phi) is 5.51. The number of thioether (sulfide) groups is 1. The maximum Gasteiger partial charge on any atom is 0.195 e. The third-order valence-electron chi connectivity index (χ3n) is 3.96. The average molecular weight is 316 g/mol. The lowest BCUT2D eigenvalue weighted by Crippen LogP contribution is -2.30. The highest BCUT2D eigenvalue weighted by molar-refractivity contribution is 7.99. The van der Waals surface area contributed by atoms with Crippen molar-refractivity contribution in [3.05, 3.63) is 36.2 Å². The summed E-state index contributed by atoms with van der Waals surface area (Å²) in [5, 5.41) is 9.95. The van der Waals surface area contributed by atoms with Crippen molar-refractivity contribution in [2.75, 3.05) is 18.8 Å². The number of para-hydroxylation sites is 1. The minimum atomic E-state index is 0.897. The summed E-state index contributed by atoms with van der Waals surface area (Å²) < 4.78 is 2.23. The van der Waals surface area contributed by atoms with Gasteiger partial charge in [0.25, 0.3) is 0 Å². The molecule has 1 saturated heterocycles. The molecule has 1 aromatic heterocycles. The van der Waals surface area contributed by atoms with Crippen LogP contribution in [-0.2, 0) is 6.54 Å². The molecule has 2 aromatic rings. The van der Waals surface area contributed by atoms with Crippen molar-refractivity contribution in [1.82, 2.24) is 19.7 Å². The first-order valence-corrected chi connectivity index (χ1v) is 9.22.